The highest BCUT2D eigenvalue weighted by molar-refractivity contribution is 7.91. The van der Waals surface area contributed by atoms with Gasteiger partial charge in [0.25, 0.3) is 5.91 Å². The molecule has 0 radical (unpaired) electrons. The van der Waals surface area contributed by atoms with Gasteiger partial charge in [0.05, 0.1) is 34.1 Å². The number of fused-ring (bicyclic) bond motifs is 5. The minimum absolute atomic E-state index is 0.0147. The molecule has 15 heteroatoms. The fourth-order valence-electron chi connectivity index (χ4n) is 8.21. The molecule has 4 amide bonds. The quantitative estimate of drug-likeness (QED) is 0.376. The monoisotopic (exact) mass is 774 g/mol. The number of hydrogen-bond acceptors (Lipinski definition) is 10. The number of carbonyl (C=O) groups excluding carboxylic acids is 4. The summed E-state index contributed by atoms with van der Waals surface area (Å²) in [6, 6.07) is 5.37. The minimum atomic E-state index is -4.00. The Bertz CT molecular complexity index is 2140. The van der Waals surface area contributed by atoms with Crippen molar-refractivity contribution in [2.24, 2.45) is 5.92 Å². The molecular formula is C40H50N6O8S. The van der Waals surface area contributed by atoms with Crippen LogP contribution in [0.5, 0.6) is 5.75 Å². The summed E-state index contributed by atoms with van der Waals surface area (Å²) in [6.45, 7) is 8.64. The van der Waals surface area contributed by atoms with Gasteiger partial charge >= 0.3 is 6.09 Å². The van der Waals surface area contributed by atoms with Gasteiger partial charge in [0.1, 0.15) is 34.6 Å². The van der Waals surface area contributed by atoms with E-state index < -0.39 is 73.3 Å². The summed E-state index contributed by atoms with van der Waals surface area (Å²) >= 11 is 0. The lowest BCUT2D eigenvalue weighted by Crippen LogP contribution is -2.58. The van der Waals surface area contributed by atoms with Gasteiger partial charge in [-0.15, -0.1) is 0 Å². The Balaban J connectivity index is 1.24. The van der Waals surface area contributed by atoms with Crippen LogP contribution in [0.4, 0.5) is 4.79 Å². The van der Waals surface area contributed by atoms with E-state index in [1.54, 1.807) is 45.9 Å². The van der Waals surface area contributed by atoms with Gasteiger partial charge in [0.2, 0.25) is 21.8 Å². The van der Waals surface area contributed by atoms with Crippen molar-refractivity contribution >= 4 is 44.7 Å². The average Bonchev–Trinajstić information content (AvgIpc) is 4.01. The standard InChI is InChI=1S/C40H50N6O8S/c1-24-32-27(28-19-25(22-41)13-14-29(28)42-24)15-16-39(53-32)21-31-33(47)44-40(35(49)45-55(51,52)38(5)17-18-38)20-26(40)11-9-7-6-8-10-12-30(34(48)46(31)23-39)43-36(50)54-37(2,3)4/h9,11,13-14,19,26,30-31H,6-8,10,12,15-18,20-21,23H2,1-5H3,(H,43,50)(H,44,47)(H,45,49)/b11-9-/t26-,30-,31-,39+,40+/m0/s1. The Labute approximate surface area is 321 Å². The summed E-state index contributed by atoms with van der Waals surface area (Å²) in [5.41, 5.74) is -0.622. The Morgan fingerprint density at radius 3 is 2.60 bits per heavy atom. The molecule has 1 aromatic heterocycles. The first kappa shape index (κ1) is 38.6. The van der Waals surface area contributed by atoms with Crippen LogP contribution in [0.15, 0.2) is 30.4 Å². The van der Waals surface area contributed by atoms with E-state index in [0.717, 1.165) is 29.3 Å². The van der Waals surface area contributed by atoms with Crippen molar-refractivity contribution in [3.05, 3.63) is 47.2 Å². The molecule has 294 valence electrons. The molecule has 4 heterocycles. The molecule has 2 aliphatic carbocycles. The number of allylic oxidation sites excluding steroid dienone is 1. The predicted molar refractivity (Wildman–Crippen MR) is 202 cm³/mol. The third kappa shape index (κ3) is 7.49. The molecule has 3 fully saturated rings. The molecule has 5 aliphatic rings. The molecule has 5 atom stereocenters. The maximum atomic E-state index is 14.7. The van der Waals surface area contributed by atoms with E-state index in [2.05, 4.69) is 21.4 Å². The van der Waals surface area contributed by atoms with Crippen LogP contribution in [0.2, 0.25) is 0 Å². The van der Waals surface area contributed by atoms with E-state index in [9.17, 15) is 32.9 Å². The number of benzene rings is 1. The van der Waals surface area contributed by atoms with Crippen molar-refractivity contribution in [2.45, 2.75) is 139 Å². The highest BCUT2D eigenvalue weighted by atomic mass is 32.2. The Kier molecular flexibility index (Phi) is 9.67. The number of pyridine rings is 1. The fourth-order valence-corrected chi connectivity index (χ4v) is 9.52. The van der Waals surface area contributed by atoms with Gasteiger partial charge in [-0.25, -0.2) is 18.2 Å². The number of sulfonamides is 1. The van der Waals surface area contributed by atoms with Gasteiger partial charge in [0, 0.05) is 23.3 Å². The lowest BCUT2D eigenvalue weighted by atomic mass is 9.87. The molecule has 0 bridgehead atoms. The molecule has 0 unspecified atom stereocenters. The van der Waals surface area contributed by atoms with Crippen LogP contribution in [0.25, 0.3) is 10.9 Å². The first-order valence-corrected chi connectivity index (χ1v) is 20.7. The molecule has 3 N–H and O–H groups in total. The number of nitrogens with zero attached hydrogens (tertiary/aromatic N) is 3. The van der Waals surface area contributed by atoms with Crippen molar-refractivity contribution in [1.29, 1.82) is 5.26 Å². The molecule has 2 aromatic rings. The molecule has 1 spiro atoms. The summed E-state index contributed by atoms with van der Waals surface area (Å²) in [5.74, 6) is -1.79. The van der Waals surface area contributed by atoms with E-state index in [4.69, 9.17) is 14.5 Å². The third-order valence-corrected chi connectivity index (χ3v) is 14.0. The molecular weight excluding hydrogens is 725 g/mol. The fraction of sp³-hybridized carbons (Fsp3) is 0.600. The second kappa shape index (κ2) is 13.8. The van der Waals surface area contributed by atoms with Crippen LogP contribution in [0.1, 0.15) is 109 Å². The maximum absolute atomic E-state index is 14.7. The van der Waals surface area contributed by atoms with E-state index in [1.165, 1.54) is 4.90 Å². The number of alkyl carbamates (subject to hydrolysis) is 1. The zero-order chi connectivity index (χ0) is 39.6. The predicted octanol–water partition coefficient (Wildman–Crippen LogP) is 4.37. The van der Waals surface area contributed by atoms with E-state index in [1.807, 2.05) is 19.1 Å². The number of carbonyl (C=O) groups is 4. The molecule has 1 saturated heterocycles. The summed E-state index contributed by atoms with van der Waals surface area (Å²) in [7, 11) is -4.00. The van der Waals surface area contributed by atoms with E-state index in [-0.39, 0.29) is 19.4 Å². The third-order valence-electron chi connectivity index (χ3n) is 11.8. The topological polar surface area (TPSA) is 197 Å². The largest absolute Gasteiger partial charge is 0.483 e. The van der Waals surface area contributed by atoms with Crippen LogP contribution in [0.3, 0.4) is 0 Å². The number of amides is 4. The van der Waals surface area contributed by atoms with Gasteiger partial charge in [0.15, 0.2) is 0 Å². The van der Waals surface area contributed by atoms with Crippen LogP contribution in [-0.4, -0.2) is 82.2 Å². The SMILES string of the molecule is Cc1nc2ccc(C#N)cc2c2c1O[C@]1(CC2)C[C@H]2C(=O)N[C@]3(C(=O)NS(=O)(=O)C4(C)CC4)C[C@@H]3/C=C\CCCCC[C@H](NC(=O)OC(C)(C)C)C(=O)N2C1. The molecule has 14 nitrogen and oxygen atoms in total. The van der Waals surface area contributed by atoms with Crippen LogP contribution >= 0.6 is 0 Å². The highest BCUT2D eigenvalue weighted by Crippen LogP contribution is 2.49. The molecule has 2 saturated carbocycles. The van der Waals surface area contributed by atoms with E-state index >= 15 is 0 Å². The van der Waals surface area contributed by atoms with Gasteiger partial charge in [-0.2, -0.15) is 5.26 Å². The highest BCUT2D eigenvalue weighted by Gasteiger charge is 2.64. The number of rotatable bonds is 4. The Hall–Kier alpha value is -4.71. The summed E-state index contributed by atoms with van der Waals surface area (Å²) < 4.78 is 40.0. The Morgan fingerprint density at radius 1 is 1.13 bits per heavy atom. The number of hydrogen-bond donors (Lipinski definition) is 3. The average molecular weight is 775 g/mol. The van der Waals surface area contributed by atoms with Crippen molar-refractivity contribution in [3.63, 3.8) is 0 Å². The molecule has 1 aromatic carbocycles. The summed E-state index contributed by atoms with van der Waals surface area (Å²) in [5, 5.41) is 16.1. The van der Waals surface area contributed by atoms with Crippen LogP contribution < -0.4 is 20.1 Å². The second-order valence-corrected chi connectivity index (χ2v) is 19.4. The number of ether oxygens (including phenoxy) is 2. The first-order chi connectivity index (χ1) is 25.9. The van der Waals surface area contributed by atoms with Gasteiger partial charge < -0.3 is 25.0 Å². The van der Waals surface area contributed by atoms with Crippen LogP contribution in [-0.2, 0) is 35.6 Å². The Morgan fingerprint density at radius 2 is 1.89 bits per heavy atom. The smallest absolute Gasteiger partial charge is 0.408 e. The summed E-state index contributed by atoms with van der Waals surface area (Å²) in [4.78, 5) is 62.6. The zero-order valence-electron chi connectivity index (χ0n) is 32.1. The van der Waals surface area contributed by atoms with Crippen molar-refractivity contribution in [1.82, 2.24) is 25.2 Å². The number of nitrogens with one attached hydrogen (secondary N) is 3. The van der Waals surface area contributed by atoms with Crippen molar-refractivity contribution < 1.29 is 37.1 Å². The molecule has 7 rings (SSSR count). The second-order valence-electron chi connectivity index (χ2n) is 17.2. The van der Waals surface area contributed by atoms with Crippen molar-refractivity contribution in [3.8, 4) is 11.8 Å². The van der Waals surface area contributed by atoms with Crippen LogP contribution in [0, 0.1) is 24.2 Å². The zero-order valence-corrected chi connectivity index (χ0v) is 32.9. The van der Waals surface area contributed by atoms with Gasteiger partial charge in [-0.1, -0.05) is 25.0 Å². The molecule has 55 heavy (non-hydrogen) atoms. The number of aryl methyl sites for hydroxylation is 2. The lowest BCUT2D eigenvalue weighted by Gasteiger charge is -2.36. The van der Waals surface area contributed by atoms with Crippen molar-refractivity contribution in [2.75, 3.05) is 6.54 Å². The molecule has 3 aliphatic heterocycles. The lowest BCUT2D eigenvalue weighted by molar-refractivity contribution is -0.141. The number of nitriles is 1. The van der Waals surface area contributed by atoms with E-state index in [0.29, 0.717) is 62.0 Å². The summed E-state index contributed by atoms with van der Waals surface area (Å²) in [6.07, 6.45) is 8.34. The minimum Gasteiger partial charge on any atom is -0.483 e. The first-order valence-electron chi connectivity index (χ1n) is 19.3. The maximum Gasteiger partial charge on any atom is 0.408 e. The van der Waals surface area contributed by atoms with Gasteiger partial charge in [-0.05, 0) is 104 Å². The number of aromatic nitrogens is 1. The normalized spacial score (nSPS) is 29.5. The van der Waals surface area contributed by atoms with Gasteiger partial charge in [-0.3, -0.25) is 19.1 Å².